The van der Waals surface area contributed by atoms with Crippen LogP contribution < -0.4 is 9.47 Å². The number of halogens is 1. The number of fused-ring (bicyclic) bond motifs is 3. The average molecular weight is 358 g/mol. The Morgan fingerprint density at radius 1 is 1.14 bits per heavy atom. The number of methoxy groups -OCH3 is 1. The minimum atomic E-state index is 0.402. The van der Waals surface area contributed by atoms with Gasteiger partial charge in [-0.1, -0.05) is 30.3 Å². The molecule has 0 amide bonds. The van der Waals surface area contributed by atoms with Gasteiger partial charge in [-0.2, -0.15) is 0 Å². The minimum absolute atomic E-state index is 0.402. The fraction of sp³-hybridized carbons (Fsp3) is 0.125. The standard InChI is InChI=1S/C16H12BrN3O2/c1-21-12-8-7-11-13(18-12)16-19-15(17)14(20(16)9-22-11)10-5-3-2-4-6-10/h2-8H,9H2,1H3. The van der Waals surface area contributed by atoms with E-state index in [4.69, 9.17) is 9.47 Å². The lowest BCUT2D eigenvalue weighted by atomic mass is 10.2. The van der Waals surface area contributed by atoms with Crippen molar-refractivity contribution in [3.8, 4) is 34.4 Å². The third-order valence-corrected chi connectivity index (χ3v) is 4.13. The van der Waals surface area contributed by atoms with Gasteiger partial charge < -0.3 is 9.47 Å². The topological polar surface area (TPSA) is 49.2 Å². The van der Waals surface area contributed by atoms with Crippen LogP contribution in [0, 0.1) is 0 Å². The highest BCUT2D eigenvalue weighted by molar-refractivity contribution is 9.10. The molecule has 0 bridgehead atoms. The first-order valence-electron chi connectivity index (χ1n) is 6.77. The predicted molar refractivity (Wildman–Crippen MR) is 85.8 cm³/mol. The summed E-state index contributed by atoms with van der Waals surface area (Å²) in [7, 11) is 1.59. The van der Waals surface area contributed by atoms with Crippen LogP contribution in [0.4, 0.5) is 0 Å². The molecule has 0 fully saturated rings. The van der Waals surface area contributed by atoms with E-state index >= 15 is 0 Å². The Labute approximate surface area is 135 Å². The molecule has 3 aromatic rings. The maximum absolute atomic E-state index is 5.81. The second-order valence-corrected chi connectivity index (χ2v) is 5.59. The zero-order chi connectivity index (χ0) is 15.1. The van der Waals surface area contributed by atoms with Gasteiger partial charge in [0.2, 0.25) is 5.88 Å². The first kappa shape index (κ1) is 13.3. The largest absolute Gasteiger partial charge is 0.481 e. The van der Waals surface area contributed by atoms with Crippen molar-refractivity contribution < 1.29 is 9.47 Å². The van der Waals surface area contributed by atoms with Crippen LogP contribution in [0.25, 0.3) is 22.8 Å². The zero-order valence-corrected chi connectivity index (χ0v) is 13.4. The number of benzene rings is 1. The maximum Gasteiger partial charge on any atom is 0.213 e. The van der Waals surface area contributed by atoms with Crippen molar-refractivity contribution in [1.29, 1.82) is 0 Å². The Morgan fingerprint density at radius 3 is 2.73 bits per heavy atom. The van der Waals surface area contributed by atoms with Gasteiger partial charge in [-0.25, -0.2) is 9.97 Å². The van der Waals surface area contributed by atoms with Gasteiger partial charge >= 0.3 is 0 Å². The highest BCUT2D eigenvalue weighted by atomic mass is 79.9. The van der Waals surface area contributed by atoms with Gasteiger partial charge in [-0.05, 0) is 22.0 Å². The second-order valence-electron chi connectivity index (χ2n) is 4.84. The maximum atomic E-state index is 5.81. The molecule has 0 saturated heterocycles. The number of rotatable bonds is 2. The van der Waals surface area contributed by atoms with Gasteiger partial charge in [0.15, 0.2) is 24.0 Å². The molecule has 2 aromatic heterocycles. The molecular weight excluding hydrogens is 346 g/mol. The number of hydrogen-bond donors (Lipinski definition) is 0. The van der Waals surface area contributed by atoms with Crippen molar-refractivity contribution in [2.24, 2.45) is 0 Å². The highest BCUT2D eigenvalue weighted by Crippen LogP contribution is 2.39. The number of imidazole rings is 1. The summed E-state index contributed by atoms with van der Waals surface area (Å²) >= 11 is 3.56. The monoisotopic (exact) mass is 357 g/mol. The van der Waals surface area contributed by atoms with Crippen molar-refractivity contribution >= 4 is 15.9 Å². The summed E-state index contributed by atoms with van der Waals surface area (Å²) in [4.78, 5) is 9.10. The predicted octanol–water partition coefficient (Wildman–Crippen LogP) is 3.73. The summed E-state index contributed by atoms with van der Waals surface area (Å²) in [6.45, 7) is 0.402. The summed E-state index contributed by atoms with van der Waals surface area (Å²) in [5.74, 6) is 2.02. The van der Waals surface area contributed by atoms with Crippen LogP contribution in [0.15, 0.2) is 47.1 Å². The van der Waals surface area contributed by atoms with Crippen LogP contribution in [-0.2, 0) is 6.73 Å². The van der Waals surface area contributed by atoms with E-state index in [1.807, 2.05) is 41.0 Å². The van der Waals surface area contributed by atoms with Gasteiger partial charge in [0.25, 0.3) is 0 Å². The van der Waals surface area contributed by atoms with Gasteiger partial charge in [-0.3, -0.25) is 4.57 Å². The van der Waals surface area contributed by atoms with Crippen LogP contribution in [0.5, 0.6) is 11.6 Å². The lowest BCUT2D eigenvalue weighted by molar-refractivity contribution is 0.229. The Bertz CT molecular complexity index is 846. The average Bonchev–Trinajstić information content (AvgIpc) is 2.91. The number of nitrogens with zero attached hydrogens (tertiary/aromatic N) is 3. The lowest BCUT2D eigenvalue weighted by Gasteiger charge is -2.20. The summed E-state index contributed by atoms with van der Waals surface area (Å²) in [6.07, 6.45) is 0. The Hall–Kier alpha value is -2.34. The molecule has 0 spiro atoms. The molecule has 0 unspecified atom stereocenters. The van der Waals surface area contributed by atoms with Crippen LogP contribution in [0.1, 0.15) is 0 Å². The fourth-order valence-electron chi connectivity index (χ4n) is 2.55. The highest BCUT2D eigenvalue weighted by Gasteiger charge is 2.26. The van der Waals surface area contributed by atoms with E-state index < -0.39 is 0 Å². The summed E-state index contributed by atoms with van der Waals surface area (Å²) in [5, 5.41) is 0. The second kappa shape index (κ2) is 5.14. The number of aromatic nitrogens is 3. The molecule has 0 radical (unpaired) electrons. The van der Waals surface area contributed by atoms with Gasteiger partial charge in [-0.15, -0.1) is 0 Å². The molecule has 0 atom stereocenters. The Kier molecular flexibility index (Phi) is 3.11. The van der Waals surface area contributed by atoms with Gasteiger partial charge in [0.05, 0.1) is 12.8 Å². The quantitative estimate of drug-likeness (QED) is 0.700. The van der Waals surface area contributed by atoms with E-state index in [1.165, 1.54) is 0 Å². The first-order chi connectivity index (χ1) is 10.8. The molecule has 0 N–H and O–H groups in total. The van der Waals surface area contributed by atoms with Crippen molar-refractivity contribution in [2.75, 3.05) is 7.11 Å². The number of ether oxygens (including phenoxy) is 2. The molecule has 1 aromatic carbocycles. The van der Waals surface area contributed by atoms with Crippen molar-refractivity contribution in [2.45, 2.75) is 6.73 Å². The summed E-state index contributed by atoms with van der Waals surface area (Å²) in [5.41, 5.74) is 2.74. The molecule has 1 aliphatic heterocycles. The zero-order valence-electron chi connectivity index (χ0n) is 11.8. The van der Waals surface area contributed by atoms with E-state index in [2.05, 4.69) is 25.9 Å². The van der Waals surface area contributed by atoms with E-state index in [9.17, 15) is 0 Å². The van der Waals surface area contributed by atoms with E-state index in [1.54, 1.807) is 13.2 Å². The molecule has 0 aliphatic carbocycles. The van der Waals surface area contributed by atoms with E-state index in [-0.39, 0.29) is 0 Å². The van der Waals surface area contributed by atoms with E-state index in [0.717, 1.165) is 21.7 Å². The van der Waals surface area contributed by atoms with Gasteiger partial charge in [0.1, 0.15) is 4.60 Å². The molecule has 4 rings (SSSR count). The van der Waals surface area contributed by atoms with Crippen LogP contribution in [0.2, 0.25) is 0 Å². The van der Waals surface area contributed by atoms with Gasteiger partial charge in [0, 0.05) is 11.6 Å². The molecule has 3 heterocycles. The molecule has 22 heavy (non-hydrogen) atoms. The number of hydrogen-bond acceptors (Lipinski definition) is 4. The van der Waals surface area contributed by atoms with Crippen LogP contribution >= 0.6 is 15.9 Å². The van der Waals surface area contributed by atoms with Crippen LogP contribution in [0.3, 0.4) is 0 Å². The first-order valence-corrected chi connectivity index (χ1v) is 7.57. The van der Waals surface area contributed by atoms with Crippen LogP contribution in [-0.4, -0.2) is 21.6 Å². The normalized spacial score (nSPS) is 12.3. The molecule has 0 saturated carbocycles. The third-order valence-electron chi connectivity index (χ3n) is 3.58. The lowest BCUT2D eigenvalue weighted by Crippen LogP contribution is -2.15. The van der Waals surface area contributed by atoms with Crippen molar-refractivity contribution in [3.63, 3.8) is 0 Å². The fourth-order valence-corrected chi connectivity index (χ4v) is 3.16. The molecule has 1 aliphatic rings. The summed E-state index contributed by atoms with van der Waals surface area (Å²) in [6, 6.07) is 13.7. The SMILES string of the molecule is COc1ccc2c(n1)-c1nc(Br)c(-c3ccccc3)n1CO2. The van der Waals surface area contributed by atoms with Crippen molar-refractivity contribution in [3.05, 3.63) is 47.1 Å². The molecule has 6 heteroatoms. The minimum Gasteiger partial charge on any atom is -0.481 e. The molecular formula is C16H12BrN3O2. The molecule has 110 valence electrons. The molecule has 5 nitrogen and oxygen atoms in total. The Morgan fingerprint density at radius 2 is 1.95 bits per heavy atom. The summed E-state index contributed by atoms with van der Waals surface area (Å²) < 4.78 is 13.8. The van der Waals surface area contributed by atoms with Crippen molar-refractivity contribution in [1.82, 2.24) is 14.5 Å². The third kappa shape index (κ3) is 1.99. The number of pyridine rings is 1. The smallest absolute Gasteiger partial charge is 0.213 e. The van der Waals surface area contributed by atoms with E-state index in [0.29, 0.717) is 24.1 Å². The Balaban J connectivity index is 1.93.